The molecule has 27 heavy (non-hydrogen) atoms. The van der Waals surface area contributed by atoms with E-state index in [1.54, 1.807) is 0 Å². The second-order valence-corrected chi connectivity index (χ2v) is 7.68. The van der Waals surface area contributed by atoms with Crippen LogP contribution in [0.5, 0.6) is 0 Å². The number of nitrogens with one attached hydrogen (secondary N) is 1. The van der Waals surface area contributed by atoms with Crippen molar-refractivity contribution in [3.8, 4) is 0 Å². The van der Waals surface area contributed by atoms with Crippen LogP contribution in [0.15, 0.2) is 4.99 Å². The molecule has 6 heteroatoms. The van der Waals surface area contributed by atoms with E-state index in [0.29, 0.717) is 12.7 Å². The van der Waals surface area contributed by atoms with Gasteiger partial charge in [-0.3, -0.25) is 9.79 Å². The van der Waals surface area contributed by atoms with Crippen molar-refractivity contribution in [1.82, 2.24) is 10.2 Å². The Morgan fingerprint density at radius 1 is 1.07 bits per heavy atom. The number of hydrogen-bond acceptors (Lipinski definition) is 4. The number of likely N-dealkylation sites (tertiary alicyclic amines) is 1. The minimum atomic E-state index is -0.0474. The summed E-state index contributed by atoms with van der Waals surface area (Å²) in [5, 5.41) is 3.46. The Hall–Kier alpha value is -1.30. The zero-order chi connectivity index (χ0) is 19.3. The lowest BCUT2D eigenvalue weighted by molar-refractivity contribution is -0.149. The molecule has 0 radical (unpaired) electrons. The highest BCUT2D eigenvalue weighted by molar-refractivity contribution is 5.80. The number of esters is 1. The lowest BCUT2D eigenvalue weighted by Crippen LogP contribution is -2.47. The third-order valence-electron chi connectivity index (χ3n) is 5.64. The average Bonchev–Trinajstić information content (AvgIpc) is 2.97. The van der Waals surface area contributed by atoms with E-state index in [4.69, 9.17) is 9.47 Å². The van der Waals surface area contributed by atoms with Crippen LogP contribution in [-0.4, -0.2) is 62.8 Å². The van der Waals surface area contributed by atoms with Crippen LogP contribution >= 0.6 is 0 Å². The van der Waals surface area contributed by atoms with E-state index in [2.05, 4.69) is 15.2 Å². The first-order valence-electron chi connectivity index (χ1n) is 11.0. The SMILES string of the molecule is CCOC(=O)C1CCN(C(=NC)NCCCCOC2CCCCCC2)CC1. The van der Waals surface area contributed by atoms with Crippen LogP contribution in [0.2, 0.25) is 0 Å². The molecule has 0 atom stereocenters. The van der Waals surface area contributed by atoms with Crippen molar-refractivity contribution in [2.24, 2.45) is 10.9 Å². The van der Waals surface area contributed by atoms with Gasteiger partial charge in [0.15, 0.2) is 5.96 Å². The first kappa shape index (κ1) is 22.0. The molecule has 1 aliphatic carbocycles. The maximum atomic E-state index is 11.9. The lowest BCUT2D eigenvalue weighted by Gasteiger charge is -2.33. The number of carbonyl (C=O) groups excluding carboxylic acids is 1. The van der Waals surface area contributed by atoms with Gasteiger partial charge >= 0.3 is 5.97 Å². The normalized spacial score (nSPS) is 20.4. The van der Waals surface area contributed by atoms with E-state index in [1.807, 2.05) is 14.0 Å². The number of aliphatic imine (C=N–C) groups is 1. The summed E-state index contributed by atoms with van der Waals surface area (Å²) in [6.45, 7) is 5.82. The molecule has 0 aromatic carbocycles. The Bertz CT molecular complexity index is 440. The van der Waals surface area contributed by atoms with E-state index in [-0.39, 0.29) is 11.9 Å². The van der Waals surface area contributed by atoms with Gasteiger partial charge < -0.3 is 19.7 Å². The quantitative estimate of drug-likeness (QED) is 0.230. The van der Waals surface area contributed by atoms with Crippen molar-refractivity contribution in [3.63, 3.8) is 0 Å². The summed E-state index contributed by atoms with van der Waals surface area (Å²) in [6.07, 6.45) is 12.2. The van der Waals surface area contributed by atoms with Gasteiger partial charge in [-0.25, -0.2) is 0 Å². The van der Waals surface area contributed by atoms with E-state index in [9.17, 15) is 4.79 Å². The molecule has 1 saturated carbocycles. The van der Waals surface area contributed by atoms with Crippen LogP contribution in [0.1, 0.15) is 71.1 Å². The summed E-state index contributed by atoms with van der Waals surface area (Å²) in [6, 6.07) is 0. The standard InChI is InChI=1S/C21H39N3O3/c1-3-26-20(25)18-12-15-24(16-13-18)21(22-2)23-14-8-9-17-27-19-10-6-4-5-7-11-19/h18-19H,3-17H2,1-2H3,(H,22,23). The number of piperidine rings is 1. The molecule has 2 aliphatic rings. The smallest absolute Gasteiger partial charge is 0.309 e. The molecule has 1 saturated heterocycles. The monoisotopic (exact) mass is 381 g/mol. The van der Waals surface area contributed by atoms with Crippen LogP contribution in [0, 0.1) is 5.92 Å². The molecule has 0 amide bonds. The maximum absolute atomic E-state index is 11.9. The van der Waals surface area contributed by atoms with Crippen molar-refractivity contribution < 1.29 is 14.3 Å². The number of ether oxygens (including phenoxy) is 2. The van der Waals surface area contributed by atoms with Gasteiger partial charge in [0.25, 0.3) is 0 Å². The van der Waals surface area contributed by atoms with Crippen LogP contribution in [0.25, 0.3) is 0 Å². The molecule has 1 aliphatic heterocycles. The number of nitrogens with zero attached hydrogens (tertiary/aromatic N) is 2. The summed E-state index contributed by atoms with van der Waals surface area (Å²) < 4.78 is 11.2. The first-order valence-corrected chi connectivity index (χ1v) is 11.0. The first-order chi connectivity index (χ1) is 13.2. The number of hydrogen-bond donors (Lipinski definition) is 1. The summed E-state index contributed by atoms with van der Waals surface area (Å²) in [5.41, 5.74) is 0. The van der Waals surface area contributed by atoms with Crippen molar-refractivity contribution in [3.05, 3.63) is 0 Å². The highest BCUT2D eigenvalue weighted by Gasteiger charge is 2.27. The molecule has 0 spiro atoms. The zero-order valence-corrected chi connectivity index (χ0v) is 17.4. The van der Waals surface area contributed by atoms with E-state index < -0.39 is 0 Å². The highest BCUT2D eigenvalue weighted by Crippen LogP contribution is 2.20. The van der Waals surface area contributed by atoms with Gasteiger partial charge in [-0.15, -0.1) is 0 Å². The van der Waals surface area contributed by atoms with Crippen LogP contribution in [0.3, 0.4) is 0 Å². The summed E-state index contributed by atoms with van der Waals surface area (Å²) in [5.74, 6) is 0.941. The van der Waals surface area contributed by atoms with Crippen molar-refractivity contribution >= 4 is 11.9 Å². The Morgan fingerprint density at radius 3 is 2.41 bits per heavy atom. The second-order valence-electron chi connectivity index (χ2n) is 7.68. The lowest BCUT2D eigenvalue weighted by atomic mass is 9.97. The number of carbonyl (C=O) groups is 1. The summed E-state index contributed by atoms with van der Waals surface area (Å²) in [7, 11) is 1.83. The van der Waals surface area contributed by atoms with Gasteiger partial charge in [0.1, 0.15) is 0 Å². The minimum absolute atomic E-state index is 0.0421. The van der Waals surface area contributed by atoms with Crippen LogP contribution in [0.4, 0.5) is 0 Å². The van der Waals surface area contributed by atoms with Crippen molar-refractivity contribution in [2.75, 3.05) is 39.9 Å². The van der Waals surface area contributed by atoms with Crippen LogP contribution in [-0.2, 0) is 14.3 Å². The topological polar surface area (TPSA) is 63.2 Å². The fraction of sp³-hybridized carbons (Fsp3) is 0.905. The average molecular weight is 382 g/mol. The molecule has 1 N–H and O–H groups in total. The minimum Gasteiger partial charge on any atom is -0.466 e. The predicted molar refractivity (Wildman–Crippen MR) is 109 cm³/mol. The molecular formula is C21H39N3O3. The third kappa shape index (κ3) is 8.08. The molecule has 2 rings (SSSR count). The molecule has 156 valence electrons. The largest absolute Gasteiger partial charge is 0.466 e. The molecule has 0 aromatic rings. The molecule has 0 bridgehead atoms. The molecular weight excluding hydrogens is 342 g/mol. The number of rotatable bonds is 8. The Kier molecular flexibility index (Phi) is 10.6. The highest BCUT2D eigenvalue weighted by atomic mass is 16.5. The Labute approximate surface area is 165 Å². The molecule has 1 heterocycles. The van der Waals surface area contributed by atoms with Crippen molar-refractivity contribution in [2.45, 2.75) is 77.2 Å². The fourth-order valence-corrected chi connectivity index (χ4v) is 4.01. The van der Waals surface area contributed by atoms with Gasteiger partial charge in [0, 0.05) is 33.3 Å². The molecule has 2 fully saturated rings. The number of unbranched alkanes of at least 4 members (excludes halogenated alkanes) is 1. The molecule has 0 aromatic heterocycles. The predicted octanol–water partition coefficient (Wildman–Crippen LogP) is 3.36. The Morgan fingerprint density at radius 2 is 1.78 bits per heavy atom. The fourth-order valence-electron chi connectivity index (χ4n) is 4.01. The van der Waals surface area contributed by atoms with Crippen molar-refractivity contribution in [1.29, 1.82) is 0 Å². The van der Waals surface area contributed by atoms with E-state index in [0.717, 1.165) is 57.9 Å². The van der Waals surface area contributed by atoms with Gasteiger partial charge in [0.05, 0.1) is 18.6 Å². The maximum Gasteiger partial charge on any atom is 0.309 e. The zero-order valence-electron chi connectivity index (χ0n) is 17.4. The van der Waals surface area contributed by atoms with Crippen LogP contribution < -0.4 is 5.32 Å². The molecule has 6 nitrogen and oxygen atoms in total. The van der Waals surface area contributed by atoms with Gasteiger partial charge in [-0.2, -0.15) is 0 Å². The van der Waals surface area contributed by atoms with Gasteiger partial charge in [0.2, 0.25) is 0 Å². The Balaban J connectivity index is 1.56. The number of guanidine groups is 1. The van der Waals surface area contributed by atoms with Gasteiger partial charge in [-0.1, -0.05) is 25.7 Å². The van der Waals surface area contributed by atoms with E-state index >= 15 is 0 Å². The van der Waals surface area contributed by atoms with E-state index in [1.165, 1.54) is 38.5 Å². The summed E-state index contributed by atoms with van der Waals surface area (Å²) >= 11 is 0. The van der Waals surface area contributed by atoms with Gasteiger partial charge in [-0.05, 0) is 45.4 Å². The molecule has 0 unspecified atom stereocenters. The second kappa shape index (κ2) is 13.0. The summed E-state index contributed by atoms with van der Waals surface area (Å²) in [4.78, 5) is 18.5. The third-order valence-corrected chi connectivity index (χ3v) is 5.64.